The van der Waals surface area contributed by atoms with Gasteiger partial charge in [-0.15, -0.1) is 0 Å². The van der Waals surface area contributed by atoms with Crippen molar-refractivity contribution in [3.8, 4) is 5.75 Å². The summed E-state index contributed by atoms with van der Waals surface area (Å²) in [4.78, 5) is 23.0. The summed E-state index contributed by atoms with van der Waals surface area (Å²) in [6.07, 6.45) is 0.384. The van der Waals surface area contributed by atoms with E-state index in [4.69, 9.17) is 9.84 Å². The predicted molar refractivity (Wildman–Crippen MR) is 74.9 cm³/mol. The maximum Gasteiger partial charge on any atom is 0.309 e. The topological polar surface area (TPSA) is 75.6 Å². The van der Waals surface area contributed by atoms with Gasteiger partial charge in [-0.2, -0.15) is 0 Å². The molecule has 108 valence electrons. The van der Waals surface area contributed by atoms with Gasteiger partial charge in [0.25, 0.3) is 5.91 Å². The number of fused-ring (bicyclic) bond motifs is 1. The van der Waals surface area contributed by atoms with Crippen LogP contribution in [0.25, 0.3) is 0 Å². The van der Waals surface area contributed by atoms with Crippen LogP contribution in [0.2, 0.25) is 0 Å². The first kappa shape index (κ1) is 14.4. The number of anilines is 1. The number of rotatable bonds is 3. The molecule has 1 aliphatic rings. The Bertz CT molecular complexity index is 575. The van der Waals surface area contributed by atoms with Crippen molar-refractivity contribution in [2.24, 2.45) is 5.41 Å². The van der Waals surface area contributed by atoms with Crippen LogP contribution in [0, 0.1) is 5.41 Å². The van der Waals surface area contributed by atoms with Crippen LogP contribution in [-0.2, 0) is 16.0 Å². The molecule has 0 unspecified atom stereocenters. The second kappa shape index (κ2) is 4.51. The third kappa shape index (κ3) is 2.61. The second-order valence-corrected chi connectivity index (χ2v) is 6.26. The van der Waals surface area contributed by atoms with Crippen molar-refractivity contribution in [3.63, 3.8) is 0 Å². The summed E-state index contributed by atoms with van der Waals surface area (Å²) in [5, 5.41) is 12.0. The molecule has 1 amide bonds. The minimum atomic E-state index is -0.894. The average Bonchev–Trinajstić information content (AvgIpc) is 2.30. The fourth-order valence-corrected chi connectivity index (χ4v) is 2.05. The minimum absolute atomic E-state index is 0.209. The average molecular weight is 277 g/mol. The number of ether oxygens (including phenoxy) is 1. The van der Waals surface area contributed by atoms with Gasteiger partial charge in [0.1, 0.15) is 5.75 Å². The van der Waals surface area contributed by atoms with Gasteiger partial charge in [-0.1, -0.05) is 6.07 Å². The zero-order valence-electron chi connectivity index (χ0n) is 12.1. The Morgan fingerprint density at radius 3 is 2.65 bits per heavy atom. The summed E-state index contributed by atoms with van der Waals surface area (Å²) in [6, 6.07) is 5.37. The number of carbonyl (C=O) groups is 2. The van der Waals surface area contributed by atoms with E-state index in [9.17, 15) is 9.59 Å². The number of carbonyl (C=O) groups excluding carboxylic acids is 1. The van der Waals surface area contributed by atoms with Gasteiger partial charge in [0.05, 0.1) is 11.1 Å². The Kier molecular flexibility index (Phi) is 3.24. The Morgan fingerprint density at radius 2 is 2.05 bits per heavy atom. The normalized spacial score (nSPS) is 16.9. The highest BCUT2D eigenvalue weighted by atomic mass is 16.5. The Hall–Kier alpha value is -2.04. The van der Waals surface area contributed by atoms with Crippen LogP contribution in [0.4, 0.5) is 5.69 Å². The summed E-state index contributed by atoms with van der Waals surface area (Å²) in [5.74, 6) is -0.456. The van der Waals surface area contributed by atoms with Gasteiger partial charge in [-0.3, -0.25) is 9.59 Å². The van der Waals surface area contributed by atoms with E-state index >= 15 is 0 Å². The third-order valence-corrected chi connectivity index (χ3v) is 3.43. The highest BCUT2D eigenvalue weighted by molar-refractivity contribution is 6.00. The summed E-state index contributed by atoms with van der Waals surface area (Å²) in [5.41, 5.74) is -0.310. The van der Waals surface area contributed by atoms with Crippen LogP contribution < -0.4 is 10.1 Å². The number of aliphatic carboxylic acids is 1. The van der Waals surface area contributed by atoms with Gasteiger partial charge >= 0.3 is 5.97 Å². The number of benzene rings is 1. The third-order valence-electron chi connectivity index (χ3n) is 3.43. The highest BCUT2D eigenvalue weighted by Gasteiger charge is 2.35. The van der Waals surface area contributed by atoms with E-state index in [0.29, 0.717) is 17.9 Å². The Labute approximate surface area is 117 Å². The SMILES string of the molecule is CC(C)(Cc1ccc2c(c1)NC(=O)C(C)(C)O2)C(=O)O. The standard InChI is InChI=1S/C15H19NO4/c1-14(2,13(18)19)8-9-5-6-11-10(7-9)16-12(17)15(3,4)20-11/h5-7H,8H2,1-4H3,(H,16,17)(H,18,19). The summed E-state index contributed by atoms with van der Waals surface area (Å²) in [6.45, 7) is 6.75. The molecule has 0 fully saturated rings. The van der Waals surface area contributed by atoms with E-state index in [1.165, 1.54) is 0 Å². The number of amides is 1. The van der Waals surface area contributed by atoms with E-state index in [2.05, 4.69) is 5.32 Å². The van der Waals surface area contributed by atoms with Crippen molar-refractivity contribution < 1.29 is 19.4 Å². The van der Waals surface area contributed by atoms with Gasteiger partial charge in [0, 0.05) is 0 Å². The molecule has 0 saturated carbocycles. The molecule has 1 heterocycles. The zero-order chi connectivity index (χ0) is 15.1. The van der Waals surface area contributed by atoms with Crippen molar-refractivity contribution in [2.75, 3.05) is 5.32 Å². The summed E-state index contributed by atoms with van der Waals surface area (Å²) >= 11 is 0. The summed E-state index contributed by atoms with van der Waals surface area (Å²) < 4.78 is 5.64. The second-order valence-electron chi connectivity index (χ2n) is 6.26. The Balaban J connectivity index is 2.28. The molecule has 0 aliphatic carbocycles. The van der Waals surface area contributed by atoms with Gasteiger partial charge in [0.15, 0.2) is 5.60 Å². The molecule has 1 aliphatic heterocycles. The van der Waals surface area contributed by atoms with Gasteiger partial charge < -0.3 is 15.2 Å². The van der Waals surface area contributed by atoms with Crippen LogP contribution in [0.5, 0.6) is 5.75 Å². The van der Waals surface area contributed by atoms with Crippen LogP contribution in [-0.4, -0.2) is 22.6 Å². The first-order chi connectivity index (χ1) is 9.12. The fraction of sp³-hybridized carbons (Fsp3) is 0.467. The maximum atomic E-state index is 11.9. The molecule has 0 saturated heterocycles. The molecule has 0 radical (unpaired) electrons. The van der Waals surface area contributed by atoms with Gasteiger partial charge in [-0.05, 0) is 51.8 Å². The largest absolute Gasteiger partial charge is 0.481 e. The fourth-order valence-electron chi connectivity index (χ4n) is 2.05. The molecule has 5 nitrogen and oxygen atoms in total. The van der Waals surface area contributed by atoms with E-state index in [1.54, 1.807) is 39.8 Å². The first-order valence-corrected chi connectivity index (χ1v) is 6.49. The van der Waals surface area contributed by atoms with Crippen LogP contribution in [0.3, 0.4) is 0 Å². The molecule has 5 heteroatoms. The van der Waals surface area contributed by atoms with Crippen molar-refractivity contribution >= 4 is 17.6 Å². The molecule has 2 N–H and O–H groups in total. The van der Waals surface area contributed by atoms with Gasteiger partial charge in [-0.25, -0.2) is 0 Å². The van der Waals surface area contributed by atoms with Crippen LogP contribution >= 0.6 is 0 Å². The Morgan fingerprint density at radius 1 is 1.40 bits per heavy atom. The molecule has 0 spiro atoms. The smallest absolute Gasteiger partial charge is 0.309 e. The van der Waals surface area contributed by atoms with Crippen molar-refractivity contribution in [1.29, 1.82) is 0 Å². The maximum absolute atomic E-state index is 11.9. The lowest BCUT2D eigenvalue weighted by atomic mass is 9.85. The lowest BCUT2D eigenvalue weighted by Gasteiger charge is -2.32. The number of carboxylic acid groups (broad SMARTS) is 1. The molecule has 1 aromatic carbocycles. The molecular weight excluding hydrogens is 258 g/mol. The van der Waals surface area contributed by atoms with Crippen molar-refractivity contribution in [1.82, 2.24) is 0 Å². The van der Waals surface area contributed by atoms with Gasteiger partial charge in [0.2, 0.25) is 0 Å². The monoisotopic (exact) mass is 277 g/mol. The number of nitrogens with one attached hydrogen (secondary N) is 1. The minimum Gasteiger partial charge on any atom is -0.481 e. The molecule has 1 aromatic rings. The molecule has 0 atom stereocenters. The summed E-state index contributed by atoms with van der Waals surface area (Å²) in [7, 11) is 0. The van der Waals surface area contributed by atoms with Crippen LogP contribution in [0.15, 0.2) is 18.2 Å². The van der Waals surface area contributed by atoms with E-state index in [-0.39, 0.29) is 5.91 Å². The van der Waals surface area contributed by atoms with E-state index < -0.39 is 17.0 Å². The molecule has 2 rings (SSSR count). The number of hydrogen-bond acceptors (Lipinski definition) is 3. The molecular formula is C15H19NO4. The predicted octanol–water partition coefficient (Wildman–Crippen LogP) is 2.45. The quantitative estimate of drug-likeness (QED) is 0.889. The van der Waals surface area contributed by atoms with Crippen molar-refractivity contribution in [2.45, 2.75) is 39.7 Å². The zero-order valence-corrected chi connectivity index (χ0v) is 12.1. The first-order valence-electron chi connectivity index (χ1n) is 6.49. The van der Waals surface area contributed by atoms with Crippen molar-refractivity contribution in [3.05, 3.63) is 23.8 Å². The van der Waals surface area contributed by atoms with Crippen LogP contribution in [0.1, 0.15) is 33.3 Å². The lowest BCUT2D eigenvalue weighted by Crippen LogP contribution is -2.45. The number of hydrogen-bond donors (Lipinski definition) is 2. The van der Waals surface area contributed by atoms with E-state index in [1.807, 2.05) is 6.07 Å². The lowest BCUT2D eigenvalue weighted by molar-refractivity contribution is -0.146. The highest BCUT2D eigenvalue weighted by Crippen LogP contribution is 2.35. The molecule has 20 heavy (non-hydrogen) atoms. The molecule has 0 aromatic heterocycles. The van der Waals surface area contributed by atoms with E-state index in [0.717, 1.165) is 5.56 Å². The molecule has 0 bridgehead atoms. The number of carboxylic acids is 1.